The molecule has 0 unspecified atom stereocenters. The summed E-state index contributed by atoms with van der Waals surface area (Å²) in [7, 11) is 0. The van der Waals surface area contributed by atoms with E-state index in [9.17, 15) is 9.18 Å². The molecular weight excluding hydrogens is 349 g/mol. The highest BCUT2D eigenvalue weighted by atomic mass is 19.1. The van der Waals surface area contributed by atoms with Gasteiger partial charge in [0.1, 0.15) is 5.82 Å². The Morgan fingerprint density at radius 1 is 1.22 bits per heavy atom. The van der Waals surface area contributed by atoms with Gasteiger partial charge in [-0.25, -0.2) is 4.39 Å². The molecule has 3 rings (SSSR count). The maximum atomic E-state index is 13.9. The second-order valence-electron chi connectivity index (χ2n) is 7.41. The molecule has 1 amide bonds. The Kier molecular flexibility index (Phi) is 7.04. The van der Waals surface area contributed by atoms with Crippen LogP contribution in [0.4, 0.5) is 10.1 Å². The second kappa shape index (κ2) is 9.48. The standard InChI is InChI=1S/C20H30FN3O3/c21-16-4-1-2-6-18(16)23-11-7-15(8-12-23)27-14-19-17(22)5-3-10-24(19)20(26)9-13-25/h1-2,4,6,15,17,19,25H,3,5,7-14,22H2/t17-,19-/m0/s1. The highest BCUT2D eigenvalue weighted by Gasteiger charge is 2.33. The predicted molar refractivity (Wildman–Crippen MR) is 102 cm³/mol. The molecule has 0 aromatic heterocycles. The number of hydrogen-bond donors (Lipinski definition) is 2. The third kappa shape index (κ3) is 4.97. The number of ether oxygens (including phenoxy) is 1. The van der Waals surface area contributed by atoms with Crippen molar-refractivity contribution in [1.82, 2.24) is 4.90 Å². The van der Waals surface area contributed by atoms with Crippen LogP contribution in [0.1, 0.15) is 32.1 Å². The van der Waals surface area contributed by atoms with Crippen molar-refractivity contribution in [3.63, 3.8) is 0 Å². The Bertz CT molecular complexity index is 622. The van der Waals surface area contributed by atoms with Crippen molar-refractivity contribution in [3.8, 4) is 0 Å². The summed E-state index contributed by atoms with van der Waals surface area (Å²) in [5, 5.41) is 9.05. The largest absolute Gasteiger partial charge is 0.396 e. The molecule has 0 aliphatic carbocycles. The Morgan fingerprint density at radius 2 is 1.96 bits per heavy atom. The third-order valence-electron chi connectivity index (χ3n) is 5.61. The number of carbonyl (C=O) groups is 1. The number of likely N-dealkylation sites (tertiary alicyclic amines) is 1. The summed E-state index contributed by atoms with van der Waals surface area (Å²) in [5.41, 5.74) is 6.89. The van der Waals surface area contributed by atoms with E-state index in [1.165, 1.54) is 6.07 Å². The average molecular weight is 379 g/mol. The summed E-state index contributed by atoms with van der Waals surface area (Å²) in [5.74, 6) is -0.251. The van der Waals surface area contributed by atoms with E-state index < -0.39 is 0 Å². The molecule has 6 nitrogen and oxygen atoms in total. The van der Waals surface area contributed by atoms with Gasteiger partial charge in [0.05, 0.1) is 31.0 Å². The number of para-hydroxylation sites is 1. The minimum Gasteiger partial charge on any atom is -0.396 e. The van der Waals surface area contributed by atoms with Gasteiger partial charge in [0, 0.05) is 32.1 Å². The normalized spacial score (nSPS) is 24.3. The number of piperidine rings is 2. The van der Waals surface area contributed by atoms with Crippen LogP contribution in [0.15, 0.2) is 24.3 Å². The van der Waals surface area contributed by atoms with Crippen LogP contribution in [0.5, 0.6) is 0 Å². The van der Waals surface area contributed by atoms with Gasteiger partial charge in [-0.3, -0.25) is 4.79 Å². The van der Waals surface area contributed by atoms with Crippen molar-refractivity contribution in [2.75, 3.05) is 37.7 Å². The summed E-state index contributed by atoms with van der Waals surface area (Å²) in [6.45, 7) is 2.44. The van der Waals surface area contributed by atoms with Crippen LogP contribution in [-0.4, -0.2) is 66.9 Å². The summed E-state index contributed by atoms with van der Waals surface area (Å²) in [6.07, 6.45) is 3.63. The zero-order valence-corrected chi connectivity index (χ0v) is 15.7. The lowest BCUT2D eigenvalue weighted by molar-refractivity contribution is -0.138. The first-order valence-electron chi connectivity index (χ1n) is 9.87. The molecule has 0 bridgehead atoms. The first-order chi connectivity index (χ1) is 13.1. The lowest BCUT2D eigenvalue weighted by atomic mass is 9.97. The average Bonchev–Trinajstić information content (AvgIpc) is 2.68. The lowest BCUT2D eigenvalue weighted by Crippen LogP contribution is -2.57. The van der Waals surface area contributed by atoms with E-state index in [1.807, 2.05) is 12.1 Å². The maximum absolute atomic E-state index is 13.9. The van der Waals surface area contributed by atoms with Crippen LogP contribution in [0.2, 0.25) is 0 Å². The van der Waals surface area contributed by atoms with Gasteiger partial charge in [0.15, 0.2) is 0 Å². The number of nitrogens with two attached hydrogens (primary N) is 1. The molecule has 7 heteroatoms. The van der Waals surface area contributed by atoms with E-state index in [2.05, 4.69) is 4.90 Å². The van der Waals surface area contributed by atoms with Crippen molar-refractivity contribution < 1.29 is 19.0 Å². The molecule has 2 fully saturated rings. The molecule has 0 radical (unpaired) electrons. The maximum Gasteiger partial charge on any atom is 0.225 e. The van der Waals surface area contributed by atoms with Crippen LogP contribution in [0.3, 0.4) is 0 Å². The smallest absolute Gasteiger partial charge is 0.225 e. The molecule has 3 N–H and O–H groups in total. The van der Waals surface area contributed by atoms with Crippen LogP contribution in [0, 0.1) is 5.82 Å². The molecule has 0 saturated carbocycles. The number of anilines is 1. The van der Waals surface area contributed by atoms with Gasteiger partial charge >= 0.3 is 0 Å². The van der Waals surface area contributed by atoms with Crippen molar-refractivity contribution in [3.05, 3.63) is 30.1 Å². The monoisotopic (exact) mass is 379 g/mol. The quantitative estimate of drug-likeness (QED) is 0.783. The van der Waals surface area contributed by atoms with E-state index in [-0.39, 0.29) is 42.9 Å². The van der Waals surface area contributed by atoms with Gasteiger partial charge < -0.3 is 25.4 Å². The SMILES string of the molecule is N[C@H]1CCCN(C(=O)CCO)[C@H]1COC1CCN(c2ccccc2F)CC1. The molecule has 150 valence electrons. The van der Waals surface area contributed by atoms with Crippen LogP contribution in [0.25, 0.3) is 0 Å². The third-order valence-corrected chi connectivity index (χ3v) is 5.61. The topological polar surface area (TPSA) is 79.0 Å². The molecular formula is C20H30FN3O3. The molecule has 2 aliphatic heterocycles. The van der Waals surface area contributed by atoms with Gasteiger partial charge in [-0.15, -0.1) is 0 Å². The fraction of sp³-hybridized carbons (Fsp3) is 0.650. The molecule has 27 heavy (non-hydrogen) atoms. The number of aliphatic hydroxyl groups excluding tert-OH is 1. The molecule has 2 aliphatic rings. The number of amides is 1. The molecule has 0 spiro atoms. The van der Waals surface area contributed by atoms with E-state index in [1.54, 1.807) is 11.0 Å². The summed E-state index contributed by atoms with van der Waals surface area (Å²) < 4.78 is 20.1. The molecule has 2 heterocycles. The Hall–Kier alpha value is -1.70. The predicted octanol–water partition coefficient (Wildman–Crippen LogP) is 1.51. The van der Waals surface area contributed by atoms with Gasteiger partial charge in [-0.1, -0.05) is 12.1 Å². The van der Waals surface area contributed by atoms with Crippen LogP contribution >= 0.6 is 0 Å². The molecule has 2 atom stereocenters. The van der Waals surface area contributed by atoms with Crippen LogP contribution in [-0.2, 0) is 9.53 Å². The molecule has 1 aromatic carbocycles. The first kappa shape index (κ1) is 20.0. The van der Waals surface area contributed by atoms with Gasteiger partial charge in [0.2, 0.25) is 5.91 Å². The van der Waals surface area contributed by atoms with E-state index >= 15 is 0 Å². The van der Waals surface area contributed by atoms with Crippen molar-refractivity contribution in [2.45, 2.75) is 50.3 Å². The number of benzene rings is 1. The number of aliphatic hydroxyl groups is 1. The van der Waals surface area contributed by atoms with E-state index in [4.69, 9.17) is 15.6 Å². The zero-order chi connectivity index (χ0) is 19.2. The lowest BCUT2D eigenvalue weighted by Gasteiger charge is -2.41. The minimum absolute atomic E-state index is 0.0596. The highest BCUT2D eigenvalue weighted by molar-refractivity contribution is 5.76. The summed E-state index contributed by atoms with van der Waals surface area (Å²) in [4.78, 5) is 16.1. The van der Waals surface area contributed by atoms with Gasteiger partial charge in [-0.05, 0) is 37.8 Å². The first-order valence-corrected chi connectivity index (χ1v) is 9.87. The number of rotatable bonds is 6. The summed E-state index contributed by atoms with van der Waals surface area (Å²) in [6, 6.07) is 6.61. The fourth-order valence-electron chi connectivity index (χ4n) is 4.06. The Labute approximate surface area is 160 Å². The van der Waals surface area contributed by atoms with Gasteiger partial charge in [-0.2, -0.15) is 0 Å². The highest BCUT2D eigenvalue weighted by Crippen LogP contribution is 2.25. The van der Waals surface area contributed by atoms with Crippen LogP contribution < -0.4 is 10.6 Å². The van der Waals surface area contributed by atoms with Crippen molar-refractivity contribution >= 4 is 11.6 Å². The second-order valence-corrected chi connectivity index (χ2v) is 7.41. The van der Waals surface area contributed by atoms with Crippen molar-refractivity contribution in [1.29, 1.82) is 0 Å². The van der Waals surface area contributed by atoms with E-state index in [0.29, 0.717) is 18.8 Å². The summed E-state index contributed by atoms with van der Waals surface area (Å²) >= 11 is 0. The Morgan fingerprint density at radius 3 is 2.67 bits per heavy atom. The van der Waals surface area contributed by atoms with E-state index in [0.717, 1.165) is 38.8 Å². The number of nitrogens with zero attached hydrogens (tertiary/aromatic N) is 2. The minimum atomic E-state index is -0.192. The fourth-order valence-corrected chi connectivity index (χ4v) is 4.06. The van der Waals surface area contributed by atoms with Gasteiger partial charge in [0.25, 0.3) is 0 Å². The Balaban J connectivity index is 1.51. The zero-order valence-electron chi connectivity index (χ0n) is 15.7. The number of halogens is 1. The van der Waals surface area contributed by atoms with Crippen molar-refractivity contribution in [2.24, 2.45) is 5.73 Å². The molecule has 1 aromatic rings. The number of carbonyl (C=O) groups excluding carboxylic acids is 1. The molecule has 2 saturated heterocycles. The number of hydrogen-bond acceptors (Lipinski definition) is 5.